The second-order valence-corrected chi connectivity index (χ2v) is 10.1. The van der Waals surface area contributed by atoms with E-state index in [1.54, 1.807) is 17.0 Å². The highest BCUT2D eigenvalue weighted by atomic mass is 19.1. The number of amides is 1. The normalized spacial score (nSPS) is 25.8. The third-order valence-corrected chi connectivity index (χ3v) is 7.83. The zero-order chi connectivity index (χ0) is 21.7. The highest BCUT2D eigenvalue weighted by Gasteiger charge is 2.48. The van der Waals surface area contributed by atoms with Crippen LogP contribution in [0.1, 0.15) is 89.0 Å². The Morgan fingerprint density at radius 1 is 0.968 bits per heavy atom. The molecule has 0 saturated heterocycles. The summed E-state index contributed by atoms with van der Waals surface area (Å²) in [5.74, 6) is 1.56. The molecule has 1 aliphatic heterocycles. The van der Waals surface area contributed by atoms with E-state index >= 15 is 0 Å². The average molecular weight is 428 g/mol. The first-order chi connectivity index (χ1) is 15.1. The predicted octanol–water partition coefficient (Wildman–Crippen LogP) is 5.59. The Labute approximate surface area is 186 Å². The Balaban J connectivity index is 1.46. The van der Waals surface area contributed by atoms with Gasteiger partial charge in [-0.2, -0.15) is 0 Å². The quantitative estimate of drug-likeness (QED) is 0.587. The fourth-order valence-electron chi connectivity index (χ4n) is 5.98. The minimum atomic E-state index is -0.660. The van der Waals surface area contributed by atoms with Crippen LogP contribution in [0.4, 0.5) is 4.39 Å². The second-order valence-electron chi connectivity index (χ2n) is 10.1. The lowest BCUT2D eigenvalue weighted by Gasteiger charge is -2.33. The molecule has 1 atom stereocenters. The minimum Gasteiger partial charge on any atom is -0.369 e. The Morgan fingerprint density at radius 3 is 2.23 bits per heavy atom. The molecule has 2 N–H and O–H groups in total. The fraction of sp³-hybridized carbons (Fsp3) is 0.692. The van der Waals surface area contributed by atoms with Gasteiger partial charge in [-0.1, -0.05) is 76.3 Å². The van der Waals surface area contributed by atoms with E-state index in [0.717, 1.165) is 30.7 Å². The van der Waals surface area contributed by atoms with Crippen LogP contribution in [0.15, 0.2) is 29.3 Å². The predicted molar refractivity (Wildman–Crippen MR) is 123 cm³/mol. The van der Waals surface area contributed by atoms with Crippen molar-refractivity contribution in [3.63, 3.8) is 0 Å². The zero-order valence-electron chi connectivity index (χ0n) is 18.8. The highest BCUT2D eigenvalue weighted by molar-refractivity contribution is 6.06. The maximum atomic E-state index is 13.7. The van der Waals surface area contributed by atoms with E-state index in [1.807, 2.05) is 0 Å². The molecule has 2 aliphatic carbocycles. The largest absolute Gasteiger partial charge is 0.369 e. The van der Waals surface area contributed by atoms with E-state index in [-0.39, 0.29) is 11.7 Å². The van der Waals surface area contributed by atoms with Gasteiger partial charge >= 0.3 is 0 Å². The van der Waals surface area contributed by atoms with E-state index in [0.29, 0.717) is 24.8 Å². The van der Waals surface area contributed by atoms with E-state index in [9.17, 15) is 9.18 Å². The summed E-state index contributed by atoms with van der Waals surface area (Å²) in [6.07, 6.45) is 16.3. The van der Waals surface area contributed by atoms with E-state index in [4.69, 9.17) is 10.7 Å². The molecule has 5 heteroatoms. The Bertz CT molecular complexity index is 765. The average Bonchev–Trinajstić information content (AvgIpc) is 3.02. The second kappa shape index (κ2) is 10.1. The van der Waals surface area contributed by atoms with Crippen molar-refractivity contribution >= 4 is 11.9 Å². The van der Waals surface area contributed by atoms with Gasteiger partial charge in [-0.05, 0) is 55.2 Å². The van der Waals surface area contributed by atoms with Crippen molar-refractivity contribution in [2.45, 2.75) is 95.4 Å². The summed E-state index contributed by atoms with van der Waals surface area (Å²) in [6, 6.07) is 6.50. The molecular weight excluding hydrogens is 389 g/mol. The number of aliphatic imine (C=N–C) groups is 1. The molecule has 0 radical (unpaired) electrons. The lowest BCUT2D eigenvalue weighted by Crippen LogP contribution is -2.46. The van der Waals surface area contributed by atoms with Gasteiger partial charge in [-0.15, -0.1) is 0 Å². The Morgan fingerprint density at radius 2 is 1.58 bits per heavy atom. The molecule has 2 fully saturated rings. The van der Waals surface area contributed by atoms with Crippen LogP contribution in [0.5, 0.6) is 0 Å². The van der Waals surface area contributed by atoms with Crippen LogP contribution < -0.4 is 5.73 Å². The van der Waals surface area contributed by atoms with Gasteiger partial charge < -0.3 is 5.73 Å². The number of carbonyl (C=O) groups is 1. The molecule has 0 unspecified atom stereocenters. The molecule has 0 bridgehead atoms. The summed E-state index contributed by atoms with van der Waals surface area (Å²) in [5.41, 5.74) is 6.69. The zero-order valence-corrected chi connectivity index (χ0v) is 18.8. The minimum absolute atomic E-state index is 0.105. The first-order valence-electron chi connectivity index (χ1n) is 12.5. The maximum Gasteiger partial charge on any atom is 0.257 e. The van der Waals surface area contributed by atoms with Gasteiger partial charge in [0.1, 0.15) is 11.4 Å². The van der Waals surface area contributed by atoms with Crippen molar-refractivity contribution in [1.82, 2.24) is 4.90 Å². The molecule has 170 valence electrons. The number of hydrogen-bond acceptors (Lipinski definition) is 3. The summed E-state index contributed by atoms with van der Waals surface area (Å²) in [4.78, 5) is 20.3. The highest BCUT2D eigenvalue weighted by Crippen LogP contribution is 2.40. The molecule has 0 spiro atoms. The molecule has 1 heterocycles. The van der Waals surface area contributed by atoms with Gasteiger partial charge in [-0.25, -0.2) is 9.38 Å². The molecule has 31 heavy (non-hydrogen) atoms. The molecule has 3 aliphatic rings. The number of nitrogens with two attached hydrogens (primary N) is 1. The van der Waals surface area contributed by atoms with Gasteiger partial charge in [0.25, 0.3) is 5.91 Å². The molecule has 4 nitrogen and oxygen atoms in total. The number of rotatable bonds is 8. The lowest BCUT2D eigenvalue weighted by molar-refractivity contribution is -0.132. The van der Waals surface area contributed by atoms with E-state index in [1.165, 1.54) is 76.3 Å². The molecule has 0 aromatic heterocycles. The van der Waals surface area contributed by atoms with Crippen LogP contribution in [0, 0.1) is 17.7 Å². The van der Waals surface area contributed by atoms with Gasteiger partial charge in [0.2, 0.25) is 0 Å². The Hall–Kier alpha value is -1.91. The fourth-order valence-corrected chi connectivity index (χ4v) is 5.98. The number of carbonyl (C=O) groups excluding carboxylic acids is 1. The van der Waals surface area contributed by atoms with Crippen molar-refractivity contribution in [2.75, 3.05) is 6.54 Å². The van der Waals surface area contributed by atoms with Crippen molar-refractivity contribution in [2.24, 2.45) is 22.6 Å². The van der Waals surface area contributed by atoms with Gasteiger partial charge in [0.15, 0.2) is 5.96 Å². The van der Waals surface area contributed by atoms with Crippen LogP contribution in [0.25, 0.3) is 0 Å². The van der Waals surface area contributed by atoms with Crippen molar-refractivity contribution < 1.29 is 9.18 Å². The molecule has 4 rings (SSSR count). The molecule has 1 aromatic carbocycles. The van der Waals surface area contributed by atoms with E-state index in [2.05, 4.69) is 0 Å². The number of halogens is 1. The first-order valence-corrected chi connectivity index (χ1v) is 12.5. The molecule has 2 saturated carbocycles. The van der Waals surface area contributed by atoms with Gasteiger partial charge in [0.05, 0.1) is 0 Å². The van der Waals surface area contributed by atoms with Crippen molar-refractivity contribution in [3.8, 4) is 0 Å². The van der Waals surface area contributed by atoms with Crippen LogP contribution in [-0.2, 0) is 11.2 Å². The SMILES string of the molecule is NC1=N[C@](CCC2CCCCC2)(CC2CCCCC2)C(=O)N1CCc1ccc(F)cc1. The topological polar surface area (TPSA) is 58.7 Å². The van der Waals surface area contributed by atoms with Crippen LogP contribution in [0.3, 0.4) is 0 Å². The molecule has 1 aromatic rings. The number of guanidine groups is 1. The van der Waals surface area contributed by atoms with Crippen LogP contribution >= 0.6 is 0 Å². The standard InChI is InChI=1S/C26H38FN3O/c27-23-13-11-21(12-14-23)16-18-30-24(31)26(29-25(30)28,19-22-9-5-2-6-10-22)17-15-20-7-3-1-4-8-20/h11-14,20,22H,1-10,15-19H2,(H2,28,29)/t26-/m1/s1. The van der Waals surface area contributed by atoms with E-state index < -0.39 is 5.54 Å². The number of hydrogen-bond donors (Lipinski definition) is 1. The lowest BCUT2D eigenvalue weighted by atomic mass is 9.75. The summed E-state index contributed by atoms with van der Waals surface area (Å²) >= 11 is 0. The summed E-state index contributed by atoms with van der Waals surface area (Å²) in [6.45, 7) is 0.510. The number of benzene rings is 1. The van der Waals surface area contributed by atoms with Gasteiger partial charge in [0, 0.05) is 6.54 Å². The summed E-state index contributed by atoms with van der Waals surface area (Å²) in [7, 11) is 0. The Kier molecular flexibility index (Phi) is 7.29. The third kappa shape index (κ3) is 5.48. The van der Waals surface area contributed by atoms with Gasteiger partial charge in [-0.3, -0.25) is 9.69 Å². The summed E-state index contributed by atoms with van der Waals surface area (Å²) < 4.78 is 13.2. The summed E-state index contributed by atoms with van der Waals surface area (Å²) in [5, 5.41) is 0. The molecule has 1 amide bonds. The van der Waals surface area contributed by atoms with Crippen molar-refractivity contribution in [1.29, 1.82) is 0 Å². The molecular formula is C26H38FN3O. The van der Waals surface area contributed by atoms with Crippen LogP contribution in [0.2, 0.25) is 0 Å². The first kappa shape index (κ1) is 22.3. The smallest absolute Gasteiger partial charge is 0.257 e. The third-order valence-electron chi connectivity index (χ3n) is 7.83. The monoisotopic (exact) mass is 427 g/mol. The number of nitrogens with zero attached hydrogens (tertiary/aromatic N) is 2. The van der Waals surface area contributed by atoms with Crippen molar-refractivity contribution in [3.05, 3.63) is 35.6 Å². The maximum absolute atomic E-state index is 13.7. The van der Waals surface area contributed by atoms with Crippen LogP contribution in [-0.4, -0.2) is 28.9 Å².